The number of H-pyrrole nitrogens is 1. The second kappa shape index (κ2) is 4.44. The summed E-state index contributed by atoms with van der Waals surface area (Å²) in [6, 6.07) is 0. The molecule has 0 atom stereocenters. The van der Waals surface area contributed by atoms with Crippen molar-refractivity contribution in [2.45, 2.75) is 26.7 Å². The fourth-order valence-corrected chi connectivity index (χ4v) is 1.92. The highest BCUT2D eigenvalue weighted by atomic mass is 16.2. The first kappa shape index (κ1) is 12.6. The van der Waals surface area contributed by atoms with Crippen LogP contribution in [0.5, 0.6) is 0 Å². The zero-order valence-corrected chi connectivity index (χ0v) is 11.1. The predicted octanol–water partition coefficient (Wildman–Crippen LogP) is 0.549. The van der Waals surface area contributed by atoms with Crippen molar-refractivity contribution in [3.05, 3.63) is 26.7 Å². The Kier molecular flexibility index (Phi) is 3.11. The van der Waals surface area contributed by atoms with Crippen LogP contribution in [0.2, 0.25) is 0 Å². The van der Waals surface area contributed by atoms with E-state index in [9.17, 15) is 9.59 Å². The molecule has 0 radical (unpaired) electrons. The van der Waals surface area contributed by atoms with E-state index in [1.54, 1.807) is 7.05 Å². The number of hydrogen-bond acceptors (Lipinski definition) is 3. The Morgan fingerprint density at radius 2 is 1.89 bits per heavy atom. The number of aromatic amines is 1. The number of rotatable bonds is 3. The van der Waals surface area contributed by atoms with Gasteiger partial charge in [-0.2, -0.15) is 0 Å². The molecule has 18 heavy (non-hydrogen) atoms. The van der Waals surface area contributed by atoms with Crippen molar-refractivity contribution < 1.29 is 0 Å². The summed E-state index contributed by atoms with van der Waals surface area (Å²) in [5.41, 5.74) is 0.158. The summed E-state index contributed by atoms with van der Waals surface area (Å²) in [7, 11) is 3.09. The predicted molar refractivity (Wildman–Crippen MR) is 69.7 cm³/mol. The van der Waals surface area contributed by atoms with Crippen LogP contribution in [0.4, 0.5) is 0 Å². The molecule has 0 saturated carbocycles. The minimum absolute atomic E-state index is 0.323. The molecule has 2 heterocycles. The summed E-state index contributed by atoms with van der Waals surface area (Å²) >= 11 is 0. The summed E-state index contributed by atoms with van der Waals surface area (Å²) < 4.78 is 2.48. The third-order valence-corrected chi connectivity index (χ3v) is 3.10. The zero-order chi connectivity index (χ0) is 13.4. The first-order valence-electron chi connectivity index (χ1n) is 6.06. The van der Waals surface area contributed by atoms with Crippen LogP contribution in [0, 0.1) is 5.92 Å². The Labute approximate surface area is 104 Å². The third-order valence-electron chi connectivity index (χ3n) is 3.10. The molecular formula is C12H18N4O2. The number of nitrogens with zero attached hydrogens (tertiary/aromatic N) is 3. The minimum atomic E-state index is -0.352. The van der Waals surface area contributed by atoms with Crippen molar-refractivity contribution in [3.8, 4) is 0 Å². The molecule has 98 valence electrons. The van der Waals surface area contributed by atoms with Gasteiger partial charge in [-0.25, -0.2) is 9.78 Å². The maximum atomic E-state index is 11.9. The van der Waals surface area contributed by atoms with Crippen molar-refractivity contribution >= 4 is 11.2 Å². The fourth-order valence-electron chi connectivity index (χ4n) is 1.92. The van der Waals surface area contributed by atoms with Gasteiger partial charge in [0.05, 0.1) is 0 Å². The van der Waals surface area contributed by atoms with Gasteiger partial charge in [0, 0.05) is 20.5 Å². The van der Waals surface area contributed by atoms with Gasteiger partial charge in [0.15, 0.2) is 5.65 Å². The van der Waals surface area contributed by atoms with Gasteiger partial charge in [-0.1, -0.05) is 13.8 Å². The molecular weight excluding hydrogens is 232 g/mol. The number of nitrogens with one attached hydrogen (secondary N) is 1. The summed E-state index contributed by atoms with van der Waals surface area (Å²) in [5.74, 6) is 1.34. The Balaban J connectivity index is 2.58. The molecule has 2 aromatic heterocycles. The highest BCUT2D eigenvalue weighted by Crippen LogP contribution is 2.09. The Morgan fingerprint density at radius 3 is 2.50 bits per heavy atom. The second-order valence-corrected chi connectivity index (χ2v) is 5.02. The number of imidazole rings is 1. The van der Waals surface area contributed by atoms with Gasteiger partial charge in [-0.3, -0.25) is 13.9 Å². The maximum absolute atomic E-state index is 11.9. The third kappa shape index (κ3) is 1.98. The maximum Gasteiger partial charge on any atom is 0.332 e. The zero-order valence-electron chi connectivity index (χ0n) is 11.1. The smallest absolute Gasteiger partial charge is 0.332 e. The summed E-state index contributed by atoms with van der Waals surface area (Å²) in [6.07, 6.45) is 1.78. The van der Waals surface area contributed by atoms with Gasteiger partial charge >= 0.3 is 5.69 Å². The van der Waals surface area contributed by atoms with E-state index < -0.39 is 0 Å². The van der Waals surface area contributed by atoms with E-state index in [-0.39, 0.29) is 11.2 Å². The van der Waals surface area contributed by atoms with E-state index in [1.165, 1.54) is 11.6 Å². The summed E-state index contributed by atoms with van der Waals surface area (Å²) in [5, 5.41) is 0. The standard InChI is InChI=1S/C12H18N4O2/c1-7(2)5-6-8-13-9-10(14-8)15(3)12(18)16(4)11(9)17/h7H,5-6H2,1-4H3,(H,13,14). The molecule has 0 bridgehead atoms. The van der Waals surface area contributed by atoms with E-state index in [0.717, 1.165) is 23.2 Å². The van der Waals surface area contributed by atoms with Crippen molar-refractivity contribution in [1.82, 2.24) is 19.1 Å². The molecule has 0 aliphatic carbocycles. The van der Waals surface area contributed by atoms with E-state index >= 15 is 0 Å². The van der Waals surface area contributed by atoms with Crippen LogP contribution in [0.15, 0.2) is 9.59 Å². The molecule has 0 unspecified atom stereocenters. The van der Waals surface area contributed by atoms with Crippen LogP contribution in [0.3, 0.4) is 0 Å². The SMILES string of the molecule is CC(C)CCc1nc2c([nH]1)c(=O)n(C)c(=O)n2C. The number of aromatic nitrogens is 4. The summed E-state index contributed by atoms with van der Waals surface area (Å²) in [4.78, 5) is 31.0. The molecule has 0 aromatic carbocycles. The molecule has 0 saturated heterocycles. The van der Waals surface area contributed by atoms with Gasteiger partial charge in [0.25, 0.3) is 5.56 Å². The number of hydrogen-bond donors (Lipinski definition) is 1. The lowest BCUT2D eigenvalue weighted by molar-refractivity contribution is 0.577. The molecule has 6 nitrogen and oxygen atoms in total. The van der Waals surface area contributed by atoms with Crippen molar-refractivity contribution in [2.24, 2.45) is 20.0 Å². The topological polar surface area (TPSA) is 72.7 Å². The van der Waals surface area contributed by atoms with Crippen LogP contribution in [-0.4, -0.2) is 19.1 Å². The Bertz CT molecular complexity index is 690. The molecule has 6 heteroatoms. The molecule has 0 aliphatic heterocycles. The van der Waals surface area contributed by atoms with Crippen molar-refractivity contribution in [1.29, 1.82) is 0 Å². The number of fused-ring (bicyclic) bond motifs is 1. The van der Waals surface area contributed by atoms with E-state index in [0.29, 0.717) is 17.1 Å². The Morgan fingerprint density at radius 1 is 1.22 bits per heavy atom. The fraction of sp³-hybridized carbons (Fsp3) is 0.583. The number of aryl methyl sites for hydroxylation is 2. The molecule has 0 amide bonds. The van der Waals surface area contributed by atoms with Crippen LogP contribution in [-0.2, 0) is 20.5 Å². The normalized spacial score (nSPS) is 11.6. The molecule has 2 rings (SSSR count). The average molecular weight is 250 g/mol. The molecule has 1 N–H and O–H groups in total. The Hall–Kier alpha value is -1.85. The second-order valence-electron chi connectivity index (χ2n) is 5.02. The van der Waals surface area contributed by atoms with Gasteiger partial charge in [0.1, 0.15) is 11.3 Å². The summed E-state index contributed by atoms with van der Waals surface area (Å²) in [6.45, 7) is 4.27. The largest absolute Gasteiger partial charge is 0.336 e. The van der Waals surface area contributed by atoms with Crippen LogP contribution in [0.25, 0.3) is 11.2 Å². The van der Waals surface area contributed by atoms with Crippen LogP contribution in [0.1, 0.15) is 26.1 Å². The lowest BCUT2D eigenvalue weighted by atomic mass is 10.1. The van der Waals surface area contributed by atoms with E-state index in [4.69, 9.17) is 0 Å². The van der Waals surface area contributed by atoms with Gasteiger partial charge in [-0.15, -0.1) is 0 Å². The molecule has 2 aromatic rings. The molecule has 0 spiro atoms. The molecule has 0 fully saturated rings. The van der Waals surface area contributed by atoms with Gasteiger partial charge in [-0.05, 0) is 12.3 Å². The highest BCUT2D eigenvalue weighted by Gasteiger charge is 2.13. The first-order chi connectivity index (χ1) is 8.41. The van der Waals surface area contributed by atoms with Crippen molar-refractivity contribution in [3.63, 3.8) is 0 Å². The van der Waals surface area contributed by atoms with E-state index in [1.807, 2.05) is 0 Å². The van der Waals surface area contributed by atoms with Crippen LogP contribution < -0.4 is 11.2 Å². The van der Waals surface area contributed by atoms with Crippen LogP contribution >= 0.6 is 0 Å². The van der Waals surface area contributed by atoms with Gasteiger partial charge < -0.3 is 4.98 Å². The lowest BCUT2D eigenvalue weighted by Gasteiger charge is -2.00. The van der Waals surface area contributed by atoms with E-state index in [2.05, 4.69) is 23.8 Å². The lowest BCUT2D eigenvalue weighted by Crippen LogP contribution is -2.36. The average Bonchev–Trinajstić information content (AvgIpc) is 2.75. The van der Waals surface area contributed by atoms with Crippen molar-refractivity contribution in [2.75, 3.05) is 0 Å². The molecule has 0 aliphatic rings. The first-order valence-corrected chi connectivity index (χ1v) is 6.06. The highest BCUT2D eigenvalue weighted by molar-refractivity contribution is 5.69. The van der Waals surface area contributed by atoms with Gasteiger partial charge in [0.2, 0.25) is 0 Å². The monoisotopic (exact) mass is 250 g/mol. The minimum Gasteiger partial charge on any atom is -0.336 e. The quantitative estimate of drug-likeness (QED) is 0.864.